The average Bonchev–Trinajstić information content (AvgIpc) is 3.36. The van der Waals surface area contributed by atoms with Gasteiger partial charge in [0, 0.05) is 25.4 Å². The second-order valence-electron chi connectivity index (χ2n) is 12.1. The van der Waals surface area contributed by atoms with Crippen molar-refractivity contribution in [1.29, 1.82) is 0 Å². The van der Waals surface area contributed by atoms with E-state index in [1.807, 2.05) is 6.92 Å². The molecular formula is C29H45F2NO2. The van der Waals surface area contributed by atoms with Crippen molar-refractivity contribution >= 4 is 0 Å². The molecule has 3 saturated carbocycles. The van der Waals surface area contributed by atoms with Crippen LogP contribution in [0.1, 0.15) is 72.1 Å². The summed E-state index contributed by atoms with van der Waals surface area (Å²) in [5, 5.41) is 20.8. The van der Waals surface area contributed by atoms with Crippen LogP contribution in [0.5, 0.6) is 0 Å². The summed E-state index contributed by atoms with van der Waals surface area (Å²) in [5.74, 6) is 1.81. The van der Waals surface area contributed by atoms with Gasteiger partial charge in [-0.05, 0) is 91.7 Å². The molecule has 192 valence electrons. The van der Waals surface area contributed by atoms with Crippen molar-refractivity contribution in [2.75, 3.05) is 19.6 Å². The number of likely N-dealkylation sites (tertiary alicyclic amines) is 1. The number of rotatable bonds is 6. The largest absolute Gasteiger partial charge is 0.392 e. The van der Waals surface area contributed by atoms with Crippen molar-refractivity contribution in [3.63, 3.8) is 0 Å². The maximum atomic E-state index is 12.8. The predicted octanol–water partition coefficient (Wildman–Crippen LogP) is 5.99. The molecule has 0 aromatic rings. The smallest absolute Gasteiger partial charge is 0.238 e. The van der Waals surface area contributed by atoms with E-state index in [4.69, 9.17) is 0 Å². The third-order valence-corrected chi connectivity index (χ3v) is 9.95. The lowest BCUT2D eigenvalue weighted by atomic mass is 9.61. The van der Waals surface area contributed by atoms with Crippen molar-refractivity contribution in [3.8, 4) is 0 Å². The Hall–Kier alpha value is -1.04. The number of allylic oxidation sites excluding steroid dienone is 3. The minimum atomic E-state index is -2.18. The third-order valence-electron chi connectivity index (χ3n) is 9.95. The van der Waals surface area contributed by atoms with Crippen molar-refractivity contribution in [1.82, 2.24) is 4.90 Å². The fourth-order valence-electron chi connectivity index (χ4n) is 7.91. The van der Waals surface area contributed by atoms with E-state index in [9.17, 15) is 19.0 Å². The van der Waals surface area contributed by atoms with Crippen molar-refractivity contribution in [3.05, 3.63) is 35.5 Å². The molecule has 4 rings (SSSR count). The lowest BCUT2D eigenvalue weighted by Crippen LogP contribution is -2.39. The molecule has 0 aromatic carbocycles. The Kier molecular flexibility index (Phi) is 8.06. The van der Waals surface area contributed by atoms with Crippen LogP contribution in [-0.4, -0.2) is 53.4 Å². The van der Waals surface area contributed by atoms with Crippen LogP contribution >= 0.6 is 0 Å². The summed E-state index contributed by atoms with van der Waals surface area (Å²) >= 11 is 0. The number of fused-ring (bicyclic) bond motifs is 1. The van der Waals surface area contributed by atoms with Gasteiger partial charge in [-0.1, -0.05) is 45.1 Å². The average molecular weight is 478 g/mol. The van der Waals surface area contributed by atoms with Crippen LogP contribution in [0.25, 0.3) is 0 Å². The second kappa shape index (κ2) is 10.5. The van der Waals surface area contributed by atoms with E-state index in [0.29, 0.717) is 29.6 Å². The van der Waals surface area contributed by atoms with Crippen LogP contribution in [0, 0.1) is 35.0 Å². The van der Waals surface area contributed by atoms with Crippen LogP contribution in [-0.2, 0) is 0 Å². The molecule has 0 aromatic heterocycles. The number of halogens is 2. The van der Waals surface area contributed by atoms with Crippen LogP contribution < -0.4 is 0 Å². The molecule has 1 aliphatic heterocycles. The third kappa shape index (κ3) is 5.22. The Morgan fingerprint density at radius 3 is 2.71 bits per heavy atom. The van der Waals surface area contributed by atoms with E-state index in [-0.39, 0.29) is 18.3 Å². The summed E-state index contributed by atoms with van der Waals surface area (Å²) in [4.78, 5) is 2.44. The van der Waals surface area contributed by atoms with Gasteiger partial charge in [0.25, 0.3) is 0 Å². The zero-order valence-corrected chi connectivity index (χ0v) is 21.4. The first-order valence-corrected chi connectivity index (χ1v) is 13.6. The van der Waals surface area contributed by atoms with Gasteiger partial charge in [-0.2, -0.15) is 0 Å². The lowest BCUT2D eigenvalue weighted by molar-refractivity contribution is 0.0283. The molecular weight excluding hydrogens is 432 g/mol. The van der Waals surface area contributed by atoms with Crippen molar-refractivity contribution in [2.24, 2.45) is 35.0 Å². The van der Waals surface area contributed by atoms with E-state index < -0.39 is 18.6 Å². The zero-order valence-electron chi connectivity index (χ0n) is 21.4. The minimum absolute atomic E-state index is 0.0527. The van der Waals surface area contributed by atoms with E-state index in [1.54, 1.807) is 0 Å². The van der Waals surface area contributed by atoms with Gasteiger partial charge in [-0.3, -0.25) is 0 Å². The molecule has 8 atom stereocenters. The molecule has 0 radical (unpaired) electrons. The van der Waals surface area contributed by atoms with Crippen LogP contribution in [0.3, 0.4) is 0 Å². The summed E-state index contributed by atoms with van der Waals surface area (Å²) in [5.41, 5.74) is 3.54. The lowest BCUT2D eigenvalue weighted by Gasteiger charge is -2.45. The van der Waals surface area contributed by atoms with Crippen LogP contribution in [0.15, 0.2) is 35.5 Å². The number of hydrogen-bond acceptors (Lipinski definition) is 3. The highest BCUT2D eigenvalue weighted by atomic mass is 19.3. The van der Waals surface area contributed by atoms with Gasteiger partial charge in [-0.25, -0.2) is 8.78 Å². The maximum Gasteiger partial charge on any atom is 0.238 e. The van der Waals surface area contributed by atoms with Gasteiger partial charge in [0.05, 0.1) is 12.2 Å². The molecule has 3 unspecified atom stereocenters. The summed E-state index contributed by atoms with van der Waals surface area (Å²) in [6.07, 6.45) is 8.59. The highest BCUT2D eigenvalue weighted by Crippen LogP contribution is 2.59. The fourth-order valence-corrected chi connectivity index (χ4v) is 7.91. The van der Waals surface area contributed by atoms with Gasteiger partial charge >= 0.3 is 0 Å². The van der Waals surface area contributed by atoms with Gasteiger partial charge < -0.3 is 15.1 Å². The zero-order chi connectivity index (χ0) is 24.6. The van der Waals surface area contributed by atoms with Crippen molar-refractivity contribution < 1.29 is 19.0 Å². The van der Waals surface area contributed by atoms with Crippen LogP contribution in [0.2, 0.25) is 0 Å². The van der Waals surface area contributed by atoms with Crippen LogP contribution in [0.4, 0.5) is 8.78 Å². The summed E-state index contributed by atoms with van der Waals surface area (Å²) in [6, 6.07) is 0. The molecule has 3 nitrogen and oxygen atoms in total. The second-order valence-corrected chi connectivity index (χ2v) is 12.1. The molecule has 4 aliphatic rings. The standard InChI is InChI=1S/C29H45F2NO2/c1-18(16-32-13-11-21(17-32)14-27(30)31)24-9-10-25-22(6-5-12-29(24,25)4)7-8-23-15-26(33)20(3)28(34)19(23)2/h7-8,18,20-21,24-28,33-34H,2,5-6,9-17H2,1,3-4H3/b22-7+,23-8-/t18-,20?,21-,24-,25+,26?,28?,29-/m1/s1. The van der Waals surface area contributed by atoms with E-state index in [0.717, 1.165) is 43.6 Å². The Morgan fingerprint density at radius 1 is 1.21 bits per heavy atom. The Balaban J connectivity index is 1.42. The van der Waals surface area contributed by atoms with Gasteiger partial charge in [-0.15, -0.1) is 0 Å². The maximum absolute atomic E-state index is 12.8. The quantitative estimate of drug-likeness (QED) is 0.494. The first kappa shape index (κ1) is 26.0. The number of aliphatic hydroxyl groups is 2. The number of alkyl halides is 2. The molecule has 4 fully saturated rings. The van der Waals surface area contributed by atoms with E-state index in [1.165, 1.54) is 31.3 Å². The molecule has 34 heavy (non-hydrogen) atoms. The molecule has 0 bridgehead atoms. The number of hydrogen-bond donors (Lipinski definition) is 2. The SMILES string of the molecule is C=C1/C(=C\C=C2/CCC[C@]3(C)[C@@H]([C@H](C)CN4CC[C@H](CC(F)F)C4)CC[C@@H]23)CC(O)C(C)C1O. The fraction of sp³-hybridized carbons (Fsp3) is 0.793. The van der Waals surface area contributed by atoms with Crippen molar-refractivity contribution in [2.45, 2.75) is 90.8 Å². The monoisotopic (exact) mass is 477 g/mol. The number of aliphatic hydroxyl groups excluding tert-OH is 2. The summed E-state index contributed by atoms with van der Waals surface area (Å²) in [6.45, 7) is 13.7. The molecule has 1 heterocycles. The first-order chi connectivity index (χ1) is 16.1. The summed E-state index contributed by atoms with van der Waals surface area (Å²) < 4.78 is 25.6. The molecule has 0 spiro atoms. The highest BCUT2D eigenvalue weighted by molar-refractivity contribution is 5.39. The molecule has 1 saturated heterocycles. The molecule has 5 heteroatoms. The van der Waals surface area contributed by atoms with Gasteiger partial charge in [0.2, 0.25) is 6.43 Å². The predicted molar refractivity (Wildman–Crippen MR) is 134 cm³/mol. The molecule has 0 amide bonds. The van der Waals surface area contributed by atoms with E-state index in [2.05, 4.69) is 37.5 Å². The Morgan fingerprint density at radius 2 is 1.97 bits per heavy atom. The summed E-state index contributed by atoms with van der Waals surface area (Å²) in [7, 11) is 0. The Bertz CT molecular complexity index is 808. The highest BCUT2D eigenvalue weighted by Gasteiger charge is 2.51. The first-order valence-electron chi connectivity index (χ1n) is 13.6. The van der Waals surface area contributed by atoms with Gasteiger partial charge in [0.15, 0.2) is 0 Å². The molecule has 3 aliphatic carbocycles. The van der Waals surface area contributed by atoms with Gasteiger partial charge in [0.1, 0.15) is 0 Å². The minimum Gasteiger partial charge on any atom is -0.392 e. The molecule has 2 N–H and O–H groups in total. The number of nitrogens with zero attached hydrogens (tertiary/aromatic N) is 1. The Labute approximate surface area is 205 Å². The van der Waals surface area contributed by atoms with E-state index >= 15 is 0 Å². The topological polar surface area (TPSA) is 43.7 Å². The normalized spacial score (nSPS) is 42.6.